The Morgan fingerprint density at radius 2 is 2.03 bits per heavy atom. The number of hydrogen-bond donors (Lipinski definition) is 3. The molecule has 8 nitrogen and oxygen atoms in total. The largest absolute Gasteiger partial charge is 1.00 e. The van der Waals surface area contributed by atoms with E-state index in [2.05, 4.69) is 17.2 Å². The van der Waals surface area contributed by atoms with E-state index >= 15 is 0 Å². The molecule has 0 spiro atoms. The molecular weight excluding hydrogens is 497 g/mol. The number of hydrogen-bond acceptors (Lipinski definition) is 6. The molecule has 0 bridgehead atoms. The molecular formula is C24H26N3NaO5S2. The van der Waals surface area contributed by atoms with Crippen LogP contribution in [0.3, 0.4) is 0 Å². The summed E-state index contributed by atoms with van der Waals surface area (Å²) in [6.45, 7) is 6.25. The van der Waals surface area contributed by atoms with Gasteiger partial charge < -0.3 is 17.2 Å². The normalized spacial score (nSPS) is 22.5. The van der Waals surface area contributed by atoms with Gasteiger partial charge in [0, 0.05) is 22.8 Å². The Morgan fingerprint density at radius 1 is 1.31 bits per heavy atom. The van der Waals surface area contributed by atoms with E-state index in [0.717, 1.165) is 10.5 Å². The smallest absolute Gasteiger partial charge is 1.00 e. The number of allylic oxidation sites excluding steroid dienone is 2. The Kier molecular flexibility index (Phi) is 9.34. The van der Waals surface area contributed by atoms with Crippen molar-refractivity contribution in [3.05, 3.63) is 64.9 Å². The molecule has 4 rings (SSSR count). The number of fused-ring (bicyclic) bond motifs is 1. The van der Waals surface area contributed by atoms with Gasteiger partial charge in [0.1, 0.15) is 17.1 Å². The van der Waals surface area contributed by atoms with Crippen LogP contribution >= 0.6 is 23.5 Å². The van der Waals surface area contributed by atoms with Crippen LogP contribution in [0.2, 0.25) is 0 Å². The Balaban J connectivity index is 0.00000228. The van der Waals surface area contributed by atoms with Crippen LogP contribution in [0.15, 0.2) is 69.8 Å². The molecule has 3 aliphatic heterocycles. The van der Waals surface area contributed by atoms with E-state index in [1.165, 1.54) is 28.4 Å². The molecule has 180 valence electrons. The van der Waals surface area contributed by atoms with Gasteiger partial charge in [-0.25, -0.2) is 4.79 Å². The average Bonchev–Trinajstić information content (AvgIpc) is 3.24. The molecule has 3 aliphatic rings. The molecule has 3 heterocycles. The van der Waals surface area contributed by atoms with Gasteiger partial charge >= 0.3 is 35.5 Å². The van der Waals surface area contributed by atoms with Gasteiger partial charge in [0.05, 0.1) is 5.75 Å². The number of carbonyl (C=O) groups excluding carboxylic acids is 3. The van der Waals surface area contributed by atoms with Gasteiger partial charge in [-0.3, -0.25) is 19.3 Å². The third kappa shape index (κ3) is 5.89. The molecule has 0 aromatic heterocycles. The number of carbonyl (C=O) groups is 4. The minimum absolute atomic E-state index is 0. The molecule has 1 aromatic carbocycles. The van der Waals surface area contributed by atoms with E-state index in [4.69, 9.17) is 0 Å². The first-order chi connectivity index (χ1) is 16.3. The zero-order valence-electron chi connectivity index (χ0n) is 20.6. The first kappa shape index (κ1) is 27.6. The second kappa shape index (κ2) is 11.8. The summed E-state index contributed by atoms with van der Waals surface area (Å²) in [5, 5.41) is 15.0. The topological polar surface area (TPSA) is 116 Å². The summed E-state index contributed by atoms with van der Waals surface area (Å²) in [6.07, 6.45) is 0.858. The second-order valence-electron chi connectivity index (χ2n) is 8.29. The number of benzene rings is 1. The van der Waals surface area contributed by atoms with E-state index in [1.807, 2.05) is 37.3 Å². The third-order valence-electron chi connectivity index (χ3n) is 5.74. The Bertz CT molecular complexity index is 1140. The zero-order valence-corrected chi connectivity index (χ0v) is 23.3. The van der Waals surface area contributed by atoms with Crippen molar-refractivity contribution in [3.63, 3.8) is 0 Å². The van der Waals surface area contributed by atoms with Gasteiger partial charge in [-0.1, -0.05) is 30.4 Å². The van der Waals surface area contributed by atoms with Gasteiger partial charge in [0.2, 0.25) is 11.8 Å². The monoisotopic (exact) mass is 523 g/mol. The molecule has 1 aromatic rings. The van der Waals surface area contributed by atoms with Crippen molar-refractivity contribution in [2.45, 2.75) is 36.1 Å². The maximum Gasteiger partial charge on any atom is 1.00 e. The van der Waals surface area contributed by atoms with Crippen LogP contribution in [0.25, 0.3) is 0 Å². The first-order valence-electron chi connectivity index (χ1n) is 10.8. The van der Waals surface area contributed by atoms with E-state index in [1.54, 1.807) is 0 Å². The molecule has 2 atom stereocenters. The van der Waals surface area contributed by atoms with Crippen molar-refractivity contribution in [2.24, 2.45) is 0 Å². The summed E-state index contributed by atoms with van der Waals surface area (Å²) < 4.78 is 0. The fourth-order valence-electron chi connectivity index (χ4n) is 4.24. The summed E-state index contributed by atoms with van der Waals surface area (Å²) in [6, 6.07) is 8.69. The van der Waals surface area contributed by atoms with Crippen molar-refractivity contribution in [1.82, 2.24) is 15.5 Å². The standard InChI is InChI=1S/C24H25N3O5S2.Na.H/c1-13(2)10-16(15-8-9-25-21(15)29)17-11-34-23-19(22(30)27(23)20(17)24(31)32)26-18(28)12-33-14-6-4-3-5-7-14;;/h3-7,19,23H,1,8-12H2,2H3,(H,25,29)(H,26,28)(H,31,32);;/q;+1;-1/t19-,23-;;/m1../s1. The van der Waals surface area contributed by atoms with E-state index in [-0.39, 0.29) is 54.2 Å². The molecule has 11 heteroatoms. The van der Waals surface area contributed by atoms with E-state index in [0.29, 0.717) is 41.9 Å². The van der Waals surface area contributed by atoms with Crippen molar-refractivity contribution >= 4 is 47.2 Å². The maximum absolute atomic E-state index is 13.0. The molecule has 0 saturated carbocycles. The number of nitrogens with zero attached hydrogens (tertiary/aromatic N) is 1. The van der Waals surface area contributed by atoms with Gasteiger partial charge in [-0.05, 0) is 43.0 Å². The second-order valence-corrected chi connectivity index (χ2v) is 10.4. The number of thioether (sulfide) groups is 2. The number of carboxylic acids is 1. The fraction of sp³-hybridized carbons (Fsp3) is 0.333. The first-order valence-corrected chi connectivity index (χ1v) is 12.8. The van der Waals surface area contributed by atoms with Crippen LogP contribution in [0.1, 0.15) is 21.2 Å². The van der Waals surface area contributed by atoms with Crippen LogP contribution in [0.5, 0.6) is 0 Å². The van der Waals surface area contributed by atoms with Crippen molar-refractivity contribution in [1.29, 1.82) is 0 Å². The molecule has 35 heavy (non-hydrogen) atoms. The molecule has 3 amide bonds. The number of carboxylic acid groups (broad SMARTS) is 1. The molecule has 2 saturated heterocycles. The summed E-state index contributed by atoms with van der Waals surface area (Å²) in [5.41, 5.74) is 2.34. The van der Waals surface area contributed by atoms with E-state index < -0.39 is 23.3 Å². The van der Waals surface area contributed by atoms with Crippen LogP contribution in [-0.2, 0) is 19.2 Å². The number of nitrogens with one attached hydrogen (secondary N) is 2. The zero-order chi connectivity index (χ0) is 24.4. The van der Waals surface area contributed by atoms with Crippen LogP contribution in [0.4, 0.5) is 0 Å². The average molecular weight is 524 g/mol. The predicted octanol–water partition coefficient (Wildman–Crippen LogP) is -0.583. The summed E-state index contributed by atoms with van der Waals surface area (Å²) in [4.78, 5) is 52.3. The maximum atomic E-state index is 13.0. The van der Waals surface area contributed by atoms with Gasteiger partial charge in [0.15, 0.2) is 0 Å². The van der Waals surface area contributed by atoms with Crippen molar-refractivity contribution in [2.75, 3.05) is 18.1 Å². The fourth-order valence-corrected chi connectivity index (χ4v) is 6.35. The minimum Gasteiger partial charge on any atom is -1.00 e. The van der Waals surface area contributed by atoms with E-state index in [9.17, 15) is 24.3 Å². The van der Waals surface area contributed by atoms with Crippen LogP contribution < -0.4 is 40.2 Å². The Morgan fingerprint density at radius 3 is 2.63 bits per heavy atom. The molecule has 2 fully saturated rings. The van der Waals surface area contributed by atoms with Crippen molar-refractivity contribution < 1.29 is 55.3 Å². The Labute approximate surface area is 235 Å². The van der Waals surface area contributed by atoms with Gasteiger partial charge in [-0.2, -0.15) is 0 Å². The molecule has 0 unspecified atom stereocenters. The van der Waals surface area contributed by atoms with Crippen molar-refractivity contribution in [3.8, 4) is 0 Å². The number of amides is 3. The minimum atomic E-state index is -1.23. The number of rotatable bonds is 8. The van der Waals surface area contributed by atoms with Gasteiger partial charge in [-0.15, -0.1) is 23.5 Å². The SMILES string of the molecule is C=C(C)CC(=C1CCNC1=O)C1=C(C(=O)O)N2C(=O)[C@@H](NC(=O)CSc3ccccc3)[C@H]2SC1.[H-].[Na+]. The Hall–Kier alpha value is -1.98. The summed E-state index contributed by atoms with van der Waals surface area (Å²) >= 11 is 2.76. The predicted molar refractivity (Wildman–Crippen MR) is 132 cm³/mol. The summed E-state index contributed by atoms with van der Waals surface area (Å²) in [7, 11) is 0. The van der Waals surface area contributed by atoms with Crippen LogP contribution in [0, 0.1) is 0 Å². The molecule has 0 radical (unpaired) electrons. The van der Waals surface area contributed by atoms with Crippen LogP contribution in [-0.4, -0.2) is 63.2 Å². The van der Waals surface area contributed by atoms with Gasteiger partial charge in [0.25, 0.3) is 5.91 Å². The summed E-state index contributed by atoms with van der Waals surface area (Å²) in [5.74, 6) is -1.71. The quantitative estimate of drug-likeness (QED) is 0.137. The number of β-lactam (4-membered cyclic amide) rings is 1. The number of aliphatic carboxylic acids is 1. The molecule has 3 N–H and O–H groups in total. The molecule has 0 aliphatic carbocycles. The third-order valence-corrected chi connectivity index (χ3v) is 8.03.